The van der Waals surface area contributed by atoms with E-state index >= 15 is 0 Å². The molecule has 0 N–H and O–H groups in total. The first kappa shape index (κ1) is 11.2. The van der Waals surface area contributed by atoms with Gasteiger partial charge in [0.1, 0.15) is 5.03 Å². The summed E-state index contributed by atoms with van der Waals surface area (Å²) in [5.74, 6) is 0.898. The SMILES string of the molecule is c1cncc(CSc2nccc3ccccc23)c1. The number of benzene rings is 1. The van der Waals surface area contributed by atoms with Crippen LogP contribution in [0.4, 0.5) is 0 Å². The van der Waals surface area contributed by atoms with Gasteiger partial charge in [0.25, 0.3) is 0 Å². The second-order valence-electron chi connectivity index (χ2n) is 3.99. The van der Waals surface area contributed by atoms with Crippen LogP contribution >= 0.6 is 11.8 Å². The number of hydrogen-bond donors (Lipinski definition) is 0. The van der Waals surface area contributed by atoms with Crippen LogP contribution in [0, 0.1) is 0 Å². The summed E-state index contributed by atoms with van der Waals surface area (Å²) in [7, 11) is 0. The quantitative estimate of drug-likeness (QED) is 0.661. The molecule has 3 aromatic rings. The van der Waals surface area contributed by atoms with E-state index < -0.39 is 0 Å². The molecule has 0 saturated heterocycles. The Balaban J connectivity index is 1.87. The van der Waals surface area contributed by atoms with Crippen molar-refractivity contribution in [2.24, 2.45) is 0 Å². The summed E-state index contributed by atoms with van der Waals surface area (Å²) in [6, 6.07) is 14.4. The van der Waals surface area contributed by atoms with Crippen molar-refractivity contribution in [2.75, 3.05) is 0 Å². The maximum atomic E-state index is 4.46. The molecule has 0 saturated carbocycles. The predicted molar refractivity (Wildman–Crippen MR) is 75.5 cm³/mol. The van der Waals surface area contributed by atoms with Crippen molar-refractivity contribution in [1.82, 2.24) is 9.97 Å². The first-order chi connectivity index (χ1) is 8.93. The van der Waals surface area contributed by atoms with Gasteiger partial charge in [0, 0.05) is 29.7 Å². The summed E-state index contributed by atoms with van der Waals surface area (Å²) in [5.41, 5.74) is 1.22. The number of fused-ring (bicyclic) bond motifs is 1. The molecule has 88 valence electrons. The van der Waals surface area contributed by atoms with E-state index in [1.807, 2.05) is 24.5 Å². The Morgan fingerprint density at radius 1 is 0.944 bits per heavy atom. The van der Waals surface area contributed by atoms with Crippen molar-refractivity contribution in [3.05, 3.63) is 66.6 Å². The molecule has 2 heterocycles. The van der Waals surface area contributed by atoms with E-state index in [1.54, 1.807) is 18.0 Å². The second kappa shape index (κ2) is 5.19. The normalized spacial score (nSPS) is 10.7. The molecule has 3 heteroatoms. The van der Waals surface area contributed by atoms with Crippen LogP contribution in [0.3, 0.4) is 0 Å². The highest BCUT2D eigenvalue weighted by Crippen LogP contribution is 2.27. The molecule has 0 aliphatic heterocycles. The minimum atomic E-state index is 0.898. The lowest BCUT2D eigenvalue weighted by atomic mass is 10.2. The van der Waals surface area contributed by atoms with Gasteiger partial charge in [-0.2, -0.15) is 0 Å². The largest absolute Gasteiger partial charge is 0.264 e. The minimum absolute atomic E-state index is 0.898. The third-order valence-corrected chi connectivity index (χ3v) is 3.81. The number of rotatable bonds is 3. The Bertz CT molecular complexity index is 647. The van der Waals surface area contributed by atoms with Crippen LogP contribution in [0.1, 0.15) is 5.56 Å². The lowest BCUT2D eigenvalue weighted by Crippen LogP contribution is -1.85. The molecule has 18 heavy (non-hydrogen) atoms. The number of nitrogens with zero attached hydrogens (tertiary/aromatic N) is 2. The molecule has 0 unspecified atom stereocenters. The van der Waals surface area contributed by atoms with Gasteiger partial charge in [-0.3, -0.25) is 4.98 Å². The van der Waals surface area contributed by atoms with Gasteiger partial charge >= 0.3 is 0 Å². The molecule has 2 nitrogen and oxygen atoms in total. The molecule has 0 spiro atoms. The topological polar surface area (TPSA) is 25.8 Å². The van der Waals surface area contributed by atoms with Gasteiger partial charge in [0.2, 0.25) is 0 Å². The molecule has 0 radical (unpaired) electrons. The number of thioether (sulfide) groups is 1. The molecule has 0 aliphatic carbocycles. The molecule has 2 aromatic heterocycles. The van der Waals surface area contributed by atoms with Gasteiger partial charge in [0.15, 0.2) is 0 Å². The molecule has 3 rings (SSSR count). The summed E-state index contributed by atoms with van der Waals surface area (Å²) in [4.78, 5) is 8.59. The molecule has 0 fully saturated rings. The second-order valence-corrected chi connectivity index (χ2v) is 4.95. The Morgan fingerprint density at radius 2 is 1.89 bits per heavy atom. The fraction of sp³-hybridized carbons (Fsp3) is 0.0667. The molecule has 0 bridgehead atoms. The van der Waals surface area contributed by atoms with E-state index in [9.17, 15) is 0 Å². The highest BCUT2D eigenvalue weighted by molar-refractivity contribution is 7.98. The van der Waals surface area contributed by atoms with E-state index in [0.717, 1.165) is 10.8 Å². The molecular formula is C15H12N2S. The maximum absolute atomic E-state index is 4.46. The van der Waals surface area contributed by atoms with Crippen molar-refractivity contribution >= 4 is 22.5 Å². The van der Waals surface area contributed by atoms with Crippen LogP contribution < -0.4 is 0 Å². The monoisotopic (exact) mass is 252 g/mol. The zero-order valence-corrected chi connectivity index (χ0v) is 10.6. The zero-order chi connectivity index (χ0) is 12.2. The first-order valence-corrected chi connectivity index (χ1v) is 6.77. The fourth-order valence-electron chi connectivity index (χ4n) is 1.84. The fourth-order valence-corrected chi connectivity index (χ4v) is 2.79. The van der Waals surface area contributed by atoms with Crippen molar-refractivity contribution < 1.29 is 0 Å². The van der Waals surface area contributed by atoms with E-state index in [4.69, 9.17) is 0 Å². The van der Waals surface area contributed by atoms with Gasteiger partial charge in [-0.25, -0.2) is 4.98 Å². The van der Waals surface area contributed by atoms with Gasteiger partial charge in [-0.15, -0.1) is 11.8 Å². The van der Waals surface area contributed by atoms with E-state index in [-0.39, 0.29) is 0 Å². The van der Waals surface area contributed by atoms with Gasteiger partial charge < -0.3 is 0 Å². The Kier molecular flexibility index (Phi) is 3.24. The standard InChI is InChI=1S/C15H12N2S/c1-2-6-14-13(5-1)7-9-17-15(14)18-11-12-4-3-8-16-10-12/h1-10H,11H2. The molecule has 0 amide bonds. The van der Waals surface area contributed by atoms with Gasteiger partial charge in [-0.1, -0.05) is 30.3 Å². The molecule has 0 aliphatic rings. The van der Waals surface area contributed by atoms with Crippen molar-refractivity contribution in [2.45, 2.75) is 10.8 Å². The maximum Gasteiger partial charge on any atom is 0.104 e. The van der Waals surface area contributed by atoms with Crippen molar-refractivity contribution in [3.63, 3.8) is 0 Å². The Labute approximate surface area is 110 Å². The van der Waals surface area contributed by atoms with Crippen molar-refractivity contribution in [3.8, 4) is 0 Å². The summed E-state index contributed by atoms with van der Waals surface area (Å²) >= 11 is 1.75. The number of pyridine rings is 2. The smallest absolute Gasteiger partial charge is 0.104 e. The predicted octanol–water partition coefficient (Wildman–Crippen LogP) is 3.92. The summed E-state index contributed by atoms with van der Waals surface area (Å²) in [6.07, 6.45) is 5.57. The van der Waals surface area contributed by atoms with Gasteiger partial charge in [-0.05, 0) is 23.1 Å². The third kappa shape index (κ3) is 2.36. The lowest BCUT2D eigenvalue weighted by Gasteiger charge is -2.04. The summed E-state index contributed by atoms with van der Waals surface area (Å²) in [6.45, 7) is 0. The highest BCUT2D eigenvalue weighted by Gasteiger charge is 2.02. The van der Waals surface area contributed by atoms with E-state index in [1.165, 1.54) is 16.3 Å². The molecular weight excluding hydrogens is 240 g/mol. The molecule has 1 aromatic carbocycles. The zero-order valence-electron chi connectivity index (χ0n) is 9.78. The van der Waals surface area contributed by atoms with Crippen LogP contribution in [0.15, 0.2) is 66.1 Å². The number of aromatic nitrogens is 2. The lowest BCUT2D eigenvalue weighted by molar-refractivity contribution is 1.17. The Hall–Kier alpha value is -1.87. The molecule has 0 atom stereocenters. The van der Waals surface area contributed by atoms with Crippen LogP contribution in [-0.4, -0.2) is 9.97 Å². The van der Waals surface area contributed by atoms with Crippen LogP contribution in [0.25, 0.3) is 10.8 Å². The minimum Gasteiger partial charge on any atom is -0.264 e. The summed E-state index contributed by atoms with van der Waals surface area (Å²) in [5, 5.41) is 3.53. The van der Waals surface area contributed by atoms with Crippen LogP contribution in [0.5, 0.6) is 0 Å². The Morgan fingerprint density at radius 3 is 2.78 bits per heavy atom. The van der Waals surface area contributed by atoms with E-state index in [2.05, 4.69) is 40.3 Å². The third-order valence-electron chi connectivity index (χ3n) is 2.74. The van der Waals surface area contributed by atoms with Gasteiger partial charge in [0.05, 0.1) is 0 Å². The van der Waals surface area contributed by atoms with Crippen LogP contribution in [-0.2, 0) is 5.75 Å². The van der Waals surface area contributed by atoms with E-state index in [0.29, 0.717) is 0 Å². The van der Waals surface area contributed by atoms with Crippen LogP contribution in [0.2, 0.25) is 0 Å². The average Bonchev–Trinajstić information content (AvgIpc) is 2.46. The summed E-state index contributed by atoms with van der Waals surface area (Å²) < 4.78 is 0. The van der Waals surface area contributed by atoms with Crippen molar-refractivity contribution in [1.29, 1.82) is 0 Å². The number of hydrogen-bond acceptors (Lipinski definition) is 3. The highest BCUT2D eigenvalue weighted by atomic mass is 32.2. The average molecular weight is 252 g/mol. The first-order valence-electron chi connectivity index (χ1n) is 5.79.